The monoisotopic (exact) mass is 404 g/mol. The van der Waals surface area contributed by atoms with Gasteiger partial charge in [-0.1, -0.05) is 30.3 Å². The Morgan fingerprint density at radius 1 is 1.07 bits per heavy atom. The molecule has 0 aliphatic carbocycles. The Morgan fingerprint density at radius 2 is 1.79 bits per heavy atom. The van der Waals surface area contributed by atoms with E-state index < -0.39 is 0 Å². The lowest BCUT2D eigenvalue weighted by Gasteiger charge is -2.06. The summed E-state index contributed by atoms with van der Waals surface area (Å²) >= 11 is 1.38. The van der Waals surface area contributed by atoms with Crippen LogP contribution in [0.5, 0.6) is 5.75 Å². The zero-order chi connectivity index (χ0) is 20.4. The van der Waals surface area contributed by atoms with E-state index in [0.717, 1.165) is 28.4 Å². The summed E-state index contributed by atoms with van der Waals surface area (Å²) in [6.45, 7) is 3.73. The van der Waals surface area contributed by atoms with Crippen LogP contribution in [0.4, 0.5) is 5.13 Å². The van der Waals surface area contributed by atoms with Gasteiger partial charge in [0.2, 0.25) is 0 Å². The van der Waals surface area contributed by atoms with Crippen LogP contribution in [-0.2, 0) is 0 Å². The van der Waals surface area contributed by atoms with E-state index in [1.807, 2.05) is 73.8 Å². The first-order valence-electron chi connectivity index (χ1n) is 9.10. The quantitative estimate of drug-likeness (QED) is 0.515. The molecule has 0 spiro atoms. The summed E-state index contributed by atoms with van der Waals surface area (Å²) in [7, 11) is 1.63. The average molecular weight is 404 g/mol. The number of amides is 1. The highest BCUT2D eigenvalue weighted by Crippen LogP contribution is 2.32. The lowest BCUT2D eigenvalue weighted by molar-refractivity contribution is 0.102. The number of anilines is 1. The van der Waals surface area contributed by atoms with Gasteiger partial charge in [-0.2, -0.15) is 5.10 Å². The van der Waals surface area contributed by atoms with Crippen LogP contribution < -0.4 is 10.1 Å². The Labute approximate surface area is 172 Å². The standard InChI is InChI=1S/C22H20N4O2S/c1-14-20(15(2)26(25-14)16-9-5-4-6-10-16)21(27)24-22-23-18(13-29-22)17-11-7-8-12-19(17)28-3/h4-13H,1-3H3,(H,23,24,27). The maximum atomic E-state index is 12.9. The van der Waals surface area contributed by atoms with Crippen molar-refractivity contribution in [2.45, 2.75) is 13.8 Å². The van der Waals surface area contributed by atoms with Crippen LogP contribution in [0, 0.1) is 13.8 Å². The van der Waals surface area contributed by atoms with Gasteiger partial charge in [0.25, 0.3) is 5.91 Å². The third-order valence-electron chi connectivity index (χ3n) is 4.63. The van der Waals surface area contributed by atoms with Gasteiger partial charge < -0.3 is 4.74 Å². The fourth-order valence-corrected chi connectivity index (χ4v) is 3.97. The van der Waals surface area contributed by atoms with Gasteiger partial charge in [-0.25, -0.2) is 9.67 Å². The molecule has 1 amide bonds. The number of thiazole rings is 1. The molecule has 0 saturated heterocycles. The molecule has 146 valence electrons. The molecule has 0 radical (unpaired) electrons. The van der Waals surface area contributed by atoms with E-state index in [9.17, 15) is 4.79 Å². The second kappa shape index (κ2) is 7.89. The van der Waals surface area contributed by atoms with Gasteiger partial charge in [0, 0.05) is 10.9 Å². The Morgan fingerprint density at radius 3 is 2.55 bits per heavy atom. The van der Waals surface area contributed by atoms with Gasteiger partial charge in [0.15, 0.2) is 5.13 Å². The third kappa shape index (κ3) is 3.64. The molecule has 0 unspecified atom stereocenters. The third-order valence-corrected chi connectivity index (χ3v) is 5.38. The first-order chi connectivity index (χ1) is 14.1. The molecule has 4 rings (SSSR count). The summed E-state index contributed by atoms with van der Waals surface area (Å²) in [5, 5.41) is 9.88. The first kappa shape index (κ1) is 18.9. The molecule has 0 aliphatic rings. The maximum absolute atomic E-state index is 12.9. The molecule has 4 aromatic rings. The van der Waals surface area contributed by atoms with Crippen molar-refractivity contribution >= 4 is 22.4 Å². The van der Waals surface area contributed by atoms with Crippen LogP contribution in [0.15, 0.2) is 60.0 Å². The fraction of sp³-hybridized carbons (Fsp3) is 0.136. The minimum atomic E-state index is -0.219. The number of nitrogens with zero attached hydrogens (tertiary/aromatic N) is 3. The molecule has 0 saturated carbocycles. The number of aryl methyl sites for hydroxylation is 1. The predicted molar refractivity (Wildman–Crippen MR) is 115 cm³/mol. The second-order valence-corrected chi connectivity index (χ2v) is 7.34. The van der Waals surface area contributed by atoms with Crippen molar-refractivity contribution in [2.24, 2.45) is 0 Å². The Hall–Kier alpha value is -3.45. The van der Waals surface area contributed by atoms with E-state index in [0.29, 0.717) is 16.4 Å². The predicted octanol–water partition coefficient (Wildman–Crippen LogP) is 4.87. The number of para-hydroxylation sites is 2. The number of ether oxygens (including phenoxy) is 1. The summed E-state index contributed by atoms with van der Waals surface area (Å²) in [4.78, 5) is 17.5. The molecule has 0 atom stereocenters. The Bertz CT molecular complexity index is 1160. The molecule has 0 aliphatic heterocycles. The van der Waals surface area contributed by atoms with Crippen molar-refractivity contribution in [1.82, 2.24) is 14.8 Å². The van der Waals surface area contributed by atoms with Crippen LogP contribution >= 0.6 is 11.3 Å². The van der Waals surface area contributed by atoms with E-state index in [1.54, 1.807) is 11.8 Å². The van der Waals surface area contributed by atoms with E-state index in [1.165, 1.54) is 11.3 Å². The van der Waals surface area contributed by atoms with Gasteiger partial charge in [-0.15, -0.1) is 11.3 Å². The van der Waals surface area contributed by atoms with Crippen LogP contribution in [0.3, 0.4) is 0 Å². The molecule has 2 aromatic heterocycles. The number of methoxy groups -OCH3 is 1. The number of rotatable bonds is 5. The first-order valence-corrected chi connectivity index (χ1v) is 9.98. The number of hydrogen-bond acceptors (Lipinski definition) is 5. The highest BCUT2D eigenvalue weighted by atomic mass is 32.1. The lowest BCUT2D eigenvalue weighted by Crippen LogP contribution is -2.14. The molecule has 0 bridgehead atoms. The summed E-state index contributed by atoms with van der Waals surface area (Å²) in [5.74, 6) is 0.523. The lowest BCUT2D eigenvalue weighted by atomic mass is 10.1. The highest BCUT2D eigenvalue weighted by molar-refractivity contribution is 7.14. The minimum Gasteiger partial charge on any atom is -0.496 e. The minimum absolute atomic E-state index is 0.219. The largest absolute Gasteiger partial charge is 0.496 e. The smallest absolute Gasteiger partial charge is 0.261 e. The van der Waals surface area contributed by atoms with Crippen LogP contribution in [0.2, 0.25) is 0 Å². The average Bonchev–Trinajstić information content (AvgIpc) is 3.32. The van der Waals surface area contributed by atoms with Crippen molar-refractivity contribution < 1.29 is 9.53 Å². The Balaban J connectivity index is 1.60. The van der Waals surface area contributed by atoms with Crippen LogP contribution in [0.25, 0.3) is 16.9 Å². The molecular weight excluding hydrogens is 384 g/mol. The molecule has 7 heteroatoms. The van der Waals surface area contributed by atoms with Gasteiger partial charge in [0.05, 0.1) is 35.4 Å². The molecule has 0 fully saturated rings. The van der Waals surface area contributed by atoms with Crippen molar-refractivity contribution in [3.63, 3.8) is 0 Å². The number of benzene rings is 2. The van der Waals surface area contributed by atoms with Gasteiger partial charge in [-0.3, -0.25) is 10.1 Å². The van der Waals surface area contributed by atoms with Crippen molar-refractivity contribution in [3.05, 3.63) is 76.9 Å². The van der Waals surface area contributed by atoms with Crippen molar-refractivity contribution in [1.29, 1.82) is 0 Å². The molecule has 2 aromatic carbocycles. The van der Waals surface area contributed by atoms with Gasteiger partial charge in [-0.05, 0) is 38.1 Å². The number of hydrogen-bond donors (Lipinski definition) is 1. The zero-order valence-electron chi connectivity index (χ0n) is 16.3. The second-order valence-electron chi connectivity index (χ2n) is 6.49. The van der Waals surface area contributed by atoms with Gasteiger partial charge >= 0.3 is 0 Å². The summed E-state index contributed by atoms with van der Waals surface area (Å²) in [6.07, 6.45) is 0. The Kier molecular flexibility index (Phi) is 5.14. The normalized spacial score (nSPS) is 10.7. The zero-order valence-corrected chi connectivity index (χ0v) is 17.2. The number of carbonyl (C=O) groups excluding carboxylic acids is 1. The van der Waals surface area contributed by atoms with E-state index in [-0.39, 0.29) is 5.91 Å². The SMILES string of the molecule is COc1ccccc1-c1csc(NC(=O)c2c(C)nn(-c3ccccc3)c2C)n1. The number of carbonyl (C=O) groups is 1. The van der Waals surface area contributed by atoms with Crippen LogP contribution in [0.1, 0.15) is 21.7 Å². The topological polar surface area (TPSA) is 69.0 Å². The summed E-state index contributed by atoms with van der Waals surface area (Å²) in [6, 6.07) is 17.4. The van der Waals surface area contributed by atoms with Crippen molar-refractivity contribution in [3.8, 4) is 22.7 Å². The number of nitrogens with one attached hydrogen (secondary N) is 1. The summed E-state index contributed by atoms with van der Waals surface area (Å²) < 4.78 is 7.19. The van der Waals surface area contributed by atoms with Crippen molar-refractivity contribution in [2.75, 3.05) is 12.4 Å². The molecular formula is C22H20N4O2S. The summed E-state index contributed by atoms with van der Waals surface area (Å²) in [5.41, 5.74) is 4.58. The highest BCUT2D eigenvalue weighted by Gasteiger charge is 2.20. The van der Waals surface area contributed by atoms with E-state index in [2.05, 4.69) is 15.4 Å². The molecule has 6 nitrogen and oxygen atoms in total. The van der Waals surface area contributed by atoms with Gasteiger partial charge in [0.1, 0.15) is 5.75 Å². The maximum Gasteiger partial charge on any atom is 0.261 e. The molecule has 29 heavy (non-hydrogen) atoms. The van der Waals surface area contributed by atoms with E-state index in [4.69, 9.17) is 4.74 Å². The van der Waals surface area contributed by atoms with E-state index >= 15 is 0 Å². The number of aromatic nitrogens is 3. The van der Waals surface area contributed by atoms with Crippen LogP contribution in [-0.4, -0.2) is 27.8 Å². The molecule has 1 N–H and O–H groups in total. The fourth-order valence-electron chi connectivity index (χ4n) is 3.26. The molecule has 2 heterocycles.